The molecule has 1 aliphatic carbocycles. The number of nitrogens with one attached hydrogen (secondary N) is 2. The van der Waals surface area contributed by atoms with Crippen molar-refractivity contribution in [1.29, 1.82) is 0 Å². The normalized spacial score (nSPS) is 25.5. The van der Waals surface area contributed by atoms with Gasteiger partial charge in [0, 0.05) is 6.54 Å². The van der Waals surface area contributed by atoms with E-state index in [2.05, 4.69) is 10.0 Å². The highest BCUT2D eigenvalue weighted by Crippen LogP contribution is 2.58. The van der Waals surface area contributed by atoms with E-state index in [1.54, 1.807) is 13.8 Å². The van der Waals surface area contributed by atoms with Crippen molar-refractivity contribution in [2.45, 2.75) is 13.8 Å². The van der Waals surface area contributed by atoms with Gasteiger partial charge in [0.2, 0.25) is 15.9 Å². The number of carboxylic acid groups (broad SMARTS) is 1. The molecule has 2 atom stereocenters. The molecule has 0 unspecified atom stereocenters. The lowest BCUT2D eigenvalue weighted by molar-refractivity contribution is -0.140. The fourth-order valence-electron chi connectivity index (χ4n) is 2.11. The average molecular weight is 278 g/mol. The Labute approximate surface area is 106 Å². The van der Waals surface area contributed by atoms with E-state index in [9.17, 15) is 18.0 Å². The second kappa shape index (κ2) is 4.85. The molecular weight excluding hydrogens is 260 g/mol. The summed E-state index contributed by atoms with van der Waals surface area (Å²) >= 11 is 0. The third-order valence-corrected chi connectivity index (χ3v) is 4.72. The van der Waals surface area contributed by atoms with Crippen LogP contribution in [0.1, 0.15) is 13.8 Å². The van der Waals surface area contributed by atoms with Crippen molar-refractivity contribution in [3.8, 4) is 0 Å². The number of amides is 1. The molecule has 18 heavy (non-hydrogen) atoms. The molecule has 1 saturated carbocycles. The summed E-state index contributed by atoms with van der Waals surface area (Å²) in [5.74, 6) is -2.91. The first-order valence-electron chi connectivity index (χ1n) is 5.55. The van der Waals surface area contributed by atoms with Crippen molar-refractivity contribution < 1.29 is 23.1 Å². The quantitative estimate of drug-likeness (QED) is 0.577. The van der Waals surface area contributed by atoms with Crippen LogP contribution in [-0.4, -0.2) is 44.7 Å². The van der Waals surface area contributed by atoms with Crippen LogP contribution in [-0.2, 0) is 19.6 Å². The number of aliphatic carboxylic acids is 1. The van der Waals surface area contributed by atoms with E-state index in [0.29, 0.717) is 0 Å². The van der Waals surface area contributed by atoms with Gasteiger partial charge in [-0.25, -0.2) is 13.1 Å². The van der Waals surface area contributed by atoms with Gasteiger partial charge in [-0.1, -0.05) is 13.8 Å². The summed E-state index contributed by atoms with van der Waals surface area (Å²) in [5, 5.41) is 11.4. The summed E-state index contributed by atoms with van der Waals surface area (Å²) < 4.78 is 24.3. The zero-order valence-electron chi connectivity index (χ0n) is 10.6. The average Bonchev–Trinajstić information content (AvgIpc) is 2.81. The molecule has 3 N–H and O–H groups in total. The summed E-state index contributed by atoms with van der Waals surface area (Å²) in [4.78, 5) is 22.6. The highest BCUT2D eigenvalue weighted by molar-refractivity contribution is 7.89. The summed E-state index contributed by atoms with van der Waals surface area (Å²) in [6, 6.07) is 0. The van der Waals surface area contributed by atoms with Gasteiger partial charge in [-0.2, -0.15) is 0 Å². The van der Waals surface area contributed by atoms with Crippen LogP contribution < -0.4 is 10.0 Å². The molecule has 0 heterocycles. The predicted octanol–water partition coefficient (Wildman–Crippen LogP) is -0.991. The van der Waals surface area contributed by atoms with Crippen molar-refractivity contribution in [3.05, 3.63) is 0 Å². The minimum Gasteiger partial charge on any atom is -0.481 e. The summed E-state index contributed by atoms with van der Waals surface area (Å²) in [6.45, 7) is 3.39. The number of hydrogen-bond donors (Lipinski definition) is 3. The molecule has 1 amide bonds. The van der Waals surface area contributed by atoms with Gasteiger partial charge in [0.15, 0.2) is 0 Å². The molecule has 1 rings (SSSR count). The van der Waals surface area contributed by atoms with Crippen LogP contribution in [0.5, 0.6) is 0 Å². The number of carboxylic acids is 1. The van der Waals surface area contributed by atoms with Crippen LogP contribution in [0.2, 0.25) is 0 Å². The van der Waals surface area contributed by atoms with Gasteiger partial charge in [-0.05, 0) is 12.5 Å². The first kappa shape index (κ1) is 14.9. The van der Waals surface area contributed by atoms with Crippen LogP contribution in [0.15, 0.2) is 0 Å². The predicted molar refractivity (Wildman–Crippen MR) is 64.3 cm³/mol. The molecule has 1 fully saturated rings. The summed E-state index contributed by atoms with van der Waals surface area (Å²) in [7, 11) is -2.07. The number of rotatable bonds is 6. The zero-order valence-corrected chi connectivity index (χ0v) is 11.4. The van der Waals surface area contributed by atoms with Gasteiger partial charge < -0.3 is 10.4 Å². The maximum atomic E-state index is 11.7. The van der Waals surface area contributed by atoms with Gasteiger partial charge in [0.1, 0.15) is 0 Å². The van der Waals surface area contributed by atoms with E-state index < -0.39 is 39.2 Å². The van der Waals surface area contributed by atoms with E-state index in [4.69, 9.17) is 5.11 Å². The Morgan fingerprint density at radius 1 is 1.28 bits per heavy atom. The fourth-order valence-corrected chi connectivity index (χ4v) is 2.68. The molecule has 1 aliphatic rings. The molecule has 0 aromatic heterocycles. The molecule has 7 nitrogen and oxygen atoms in total. The minimum atomic E-state index is -3.36. The zero-order chi connectivity index (χ0) is 14.1. The number of carbonyl (C=O) groups is 2. The maximum Gasteiger partial charge on any atom is 0.307 e. The topological polar surface area (TPSA) is 113 Å². The van der Waals surface area contributed by atoms with E-state index in [-0.39, 0.29) is 12.3 Å². The number of carbonyl (C=O) groups excluding carboxylic acids is 1. The lowest BCUT2D eigenvalue weighted by Gasteiger charge is -2.06. The van der Waals surface area contributed by atoms with Crippen molar-refractivity contribution in [2.24, 2.45) is 17.3 Å². The molecule has 0 saturated heterocycles. The van der Waals surface area contributed by atoms with Gasteiger partial charge in [0.25, 0.3) is 0 Å². The van der Waals surface area contributed by atoms with Crippen LogP contribution in [0.25, 0.3) is 0 Å². The molecular formula is C10H18N2O5S. The van der Waals surface area contributed by atoms with Crippen molar-refractivity contribution in [2.75, 3.05) is 19.3 Å². The third kappa shape index (κ3) is 2.99. The smallest absolute Gasteiger partial charge is 0.307 e. The Morgan fingerprint density at radius 2 is 1.83 bits per heavy atom. The molecule has 0 radical (unpaired) electrons. The number of hydrogen-bond acceptors (Lipinski definition) is 4. The second-order valence-corrected chi connectivity index (χ2v) is 6.97. The Bertz CT molecular complexity index is 457. The Kier molecular flexibility index (Phi) is 4.02. The van der Waals surface area contributed by atoms with Gasteiger partial charge in [0.05, 0.1) is 17.6 Å². The lowest BCUT2D eigenvalue weighted by Crippen LogP contribution is -2.34. The van der Waals surface area contributed by atoms with Gasteiger partial charge in [-0.15, -0.1) is 0 Å². The molecule has 0 aliphatic heterocycles. The van der Waals surface area contributed by atoms with Crippen molar-refractivity contribution >= 4 is 21.9 Å². The Balaban J connectivity index is 2.47. The van der Waals surface area contributed by atoms with Gasteiger partial charge >= 0.3 is 5.97 Å². The first-order valence-corrected chi connectivity index (χ1v) is 7.20. The van der Waals surface area contributed by atoms with Crippen LogP contribution in [0, 0.1) is 17.3 Å². The van der Waals surface area contributed by atoms with E-state index in [1.807, 2.05) is 0 Å². The van der Waals surface area contributed by atoms with Gasteiger partial charge in [-0.3, -0.25) is 9.59 Å². The Hall–Kier alpha value is -1.15. The molecule has 0 aromatic rings. The molecule has 8 heteroatoms. The number of sulfonamides is 1. The van der Waals surface area contributed by atoms with Crippen molar-refractivity contribution in [3.63, 3.8) is 0 Å². The Morgan fingerprint density at radius 3 is 2.22 bits per heavy atom. The first-order chi connectivity index (χ1) is 8.13. The summed E-state index contributed by atoms with van der Waals surface area (Å²) in [5.41, 5.74) is -0.572. The minimum absolute atomic E-state index is 0.0269. The molecule has 0 spiro atoms. The van der Waals surface area contributed by atoms with E-state index >= 15 is 0 Å². The SMILES string of the molecule is CNS(=O)(=O)CCNC(=O)[C@H]1[C@@H](C(=O)O)C1(C)C. The molecule has 104 valence electrons. The molecule has 0 bridgehead atoms. The molecule has 0 aromatic carbocycles. The van der Waals surface area contributed by atoms with Crippen LogP contribution >= 0.6 is 0 Å². The third-order valence-electron chi connectivity index (χ3n) is 3.36. The van der Waals surface area contributed by atoms with Crippen molar-refractivity contribution in [1.82, 2.24) is 10.0 Å². The highest BCUT2D eigenvalue weighted by Gasteiger charge is 2.65. The second-order valence-electron chi connectivity index (χ2n) is 4.93. The maximum absolute atomic E-state index is 11.7. The van der Waals surface area contributed by atoms with Crippen LogP contribution in [0.3, 0.4) is 0 Å². The monoisotopic (exact) mass is 278 g/mol. The van der Waals surface area contributed by atoms with E-state index in [0.717, 1.165) is 0 Å². The van der Waals surface area contributed by atoms with Crippen LogP contribution in [0.4, 0.5) is 0 Å². The highest BCUT2D eigenvalue weighted by atomic mass is 32.2. The largest absolute Gasteiger partial charge is 0.481 e. The summed E-state index contributed by atoms with van der Waals surface area (Å²) in [6.07, 6.45) is 0. The lowest BCUT2D eigenvalue weighted by atomic mass is 10.1. The van der Waals surface area contributed by atoms with E-state index in [1.165, 1.54) is 7.05 Å². The standard InChI is InChI=1S/C10H18N2O5S/c1-10(2)6(7(10)9(14)15)8(13)12-4-5-18(16,17)11-3/h6-7,11H,4-5H2,1-3H3,(H,12,13)(H,14,15)/t6-,7+/m1/s1. The fraction of sp³-hybridized carbons (Fsp3) is 0.800.